The highest BCUT2D eigenvalue weighted by atomic mass is 16.5. The van der Waals surface area contributed by atoms with Gasteiger partial charge in [-0.1, -0.05) is 6.92 Å². The number of hydrogen-bond acceptors (Lipinski definition) is 3. The number of hydrogen-bond donors (Lipinski definition) is 1. The van der Waals surface area contributed by atoms with Crippen LogP contribution in [0.2, 0.25) is 0 Å². The van der Waals surface area contributed by atoms with E-state index >= 15 is 0 Å². The van der Waals surface area contributed by atoms with E-state index in [2.05, 4.69) is 21.8 Å². The van der Waals surface area contributed by atoms with Crippen molar-refractivity contribution >= 4 is 5.91 Å². The second-order valence-corrected chi connectivity index (χ2v) is 5.36. The van der Waals surface area contributed by atoms with Gasteiger partial charge in [-0.05, 0) is 25.2 Å². The van der Waals surface area contributed by atoms with Crippen LogP contribution in [-0.2, 0) is 22.5 Å². The van der Waals surface area contributed by atoms with Crippen LogP contribution >= 0.6 is 0 Å². The lowest BCUT2D eigenvalue weighted by Gasteiger charge is -2.21. The molecule has 0 saturated carbocycles. The highest BCUT2D eigenvalue weighted by Crippen LogP contribution is 2.16. The zero-order valence-electron chi connectivity index (χ0n) is 12.3. The first-order chi connectivity index (χ1) is 9.79. The Hall–Kier alpha value is -1.36. The largest absolute Gasteiger partial charge is 0.381 e. The van der Waals surface area contributed by atoms with Crippen LogP contribution in [0.5, 0.6) is 0 Å². The summed E-state index contributed by atoms with van der Waals surface area (Å²) in [5.41, 5.74) is 0. The molecule has 1 N–H and O–H groups in total. The molecule has 0 radical (unpaired) electrons. The maximum atomic E-state index is 11.8. The van der Waals surface area contributed by atoms with Crippen LogP contribution in [0.3, 0.4) is 0 Å². The first-order valence-corrected chi connectivity index (χ1v) is 7.64. The molecule has 112 valence electrons. The van der Waals surface area contributed by atoms with E-state index in [1.807, 2.05) is 6.20 Å². The smallest absolute Gasteiger partial charge is 0.221 e. The van der Waals surface area contributed by atoms with E-state index in [4.69, 9.17) is 4.74 Å². The topological polar surface area (TPSA) is 56.2 Å². The molecule has 0 unspecified atom stereocenters. The SMILES string of the molecule is CCc1nccn1CCC(=O)NCC[C@H]1CCCOC1. The van der Waals surface area contributed by atoms with Crippen LogP contribution in [0, 0.1) is 5.92 Å². The van der Waals surface area contributed by atoms with Crippen molar-refractivity contribution < 1.29 is 9.53 Å². The molecule has 0 spiro atoms. The Morgan fingerprint density at radius 2 is 2.50 bits per heavy atom. The van der Waals surface area contributed by atoms with Gasteiger partial charge in [0.2, 0.25) is 5.91 Å². The molecule has 1 aromatic heterocycles. The van der Waals surface area contributed by atoms with Gasteiger partial charge in [-0.2, -0.15) is 0 Å². The number of rotatable bonds is 7. The third-order valence-electron chi connectivity index (χ3n) is 3.83. The molecule has 2 heterocycles. The fraction of sp³-hybridized carbons (Fsp3) is 0.733. The number of aryl methyl sites for hydroxylation is 2. The maximum absolute atomic E-state index is 11.8. The molecular formula is C15H25N3O2. The molecule has 2 rings (SSSR count). The quantitative estimate of drug-likeness (QED) is 0.827. The lowest BCUT2D eigenvalue weighted by Crippen LogP contribution is -2.28. The average Bonchev–Trinajstić information content (AvgIpc) is 2.94. The van der Waals surface area contributed by atoms with Crippen molar-refractivity contribution in [1.82, 2.24) is 14.9 Å². The Balaban J connectivity index is 1.60. The number of carbonyl (C=O) groups is 1. The summed E-state index contributed by atoms with van der Waals surface area (Å²) < 4.78 is 7.49. The van der Waals surface area contributed by atoms with Gasteiger partial charge in [-0.3, -0.25) is 4.79 Å². The highest BCUT2D eigenvalue weighted by Gasteiger charge is 2.13. The van der Waals surface area contributed by atoms with Gasteiger partial charge in [0.05, 0.1) is 0 Å². The molecule has 5 heteroatoms. The number of nitrogens with zero attached hydrogens (tertiary/aromatic N) is 2. The van der Waals surface area contributed by atoms with E-state index in [9.17, 15) is 4.79 Å². The lowest BCUT2D eigenvalue weighted by atomic mass is 9.99. The molecular weight excluding hydrogens is 254 g/mol. The number of amides is 1. The number of imidazole rings is 1. The van der Waals surface area contributed by atoms with Gasteiger partial charge in [-0.25, -0.2) is 4.98 Å². The molecule has 1 amide bonds. The van der Waals surface area contributed by atoms with Crippen LogP contribution in [-0.4, -0.2) is 35.2 Å². The average molecular weight is 279 g/mol. The molecule has 1 aliphatic rings. The molecule has 1 saturated heterocycles. The summed E-state index contributed by atoms with van der Waals surface area (Å²) in [5.74, 6) is 1.78. The minimum absolute atomic E-state index is 0.123. The van der Waals surface area contributed by atoms with Gasteiger partial charge in [0.1, 0.15) is 5.82 Å². The second-order valence-electron chi connectivity index (χ2n) is 5.36. The summed E-state index contributed by atoms with van der Waals surface area (Å²) >= 11 is 0. The summed E-state index contributed by atoms with van der Waals surface area (Å²) in [7, 11) is 0. The fourth-order valence-electron chi connectivity index (χ4n) is 2.62. The predicted octanol–water partition coefficient (Wildman–Crippen LogP) is 1.77. The van der Waals surface area contributed by atoms with Crippen LogP contribution in [0.4, 0.5) is 0 Å². The third-order valence-corrected chi connectivity index (χ3v) is 3.83. The van der Waals surface area contributed by atoms with Gasteiger partial charge in [0.15, 0.2) is 0 Å². The molecule has 1 aromatic rings. The highest BCUT2D eigenvalue weighted by molar-refractivity contribution is 5.75. The zero-order chi connectivity index (χ0) is 14.2. The van der Waals surface area contributed by atoms with Crippen LogP contribution in [0.25, 0.3) is 0 Å². The Morgan fingerprint density at radius 1 is 1.60 bits per heavy atom. The summed E-state index contributed by atoms with van der Waals surface area (Å²) in [5, 5.41) is 3.00. The van der Waals surface area contributed by atoms with E-state index in [1.165, 1.54) is 6.42 Å². The molecule has 0 aromatic carbocycles. The van der Waals surface area contributed by atoms with Gasteiger partial charge in [0.25, 0.3) is 0 Å². The van der Waals surface area contributed by atoms with Gasteiger partial charge in [0, 0.05) is 51.5 Å². The molecule has 1 fully saturated rings. The zero-order valence-corrected chi connectivity index (χ0v) is 12.3. The van der Waals surface area contributed by atoms with E-state index in [-0.39, 0.29) is 5.91 Å². The second kappa shape index (κ2) is 8.04. The molecule has 1 aliphatic heterocycles. The summed E-state index contributed by atoms with van der Waals surface area (Å²) in [4.78, 5) is 16.1. The monoisotopic (exact) mass is 279 g/mol. The van der Waals surface area contributed by atoms with Crippen molar-refractivity contribution in [1.29, 1.82) is 0 Å². The Bertz CT molecular complexity index is 411. The number of nitrogens with one attached hydrogen (secondary N) is 1. The Morgan fingerprint density at radius 3 is 3.25 bits per heavy atom. The normalized spacial score (nSPS) is 18.9. The van der Waals surface area contributed by atoms with Gasteiger partial charge in [-0.15, -0.1) is 0 Å². The summed E-state index contributed by atoms with van der Waals surface area (Å²) in [6, 6.07) is 0. The van der Waals surface area contributed by atoms with Gasteiger partial charge < -0.3 is 14.6 Å². The molecule has 20 heavy (non-hydrogen) atoms. The molecule has 1 atom stereocenters. The van der Waals surface area contributed by atoms with Crippen LogP contribution < -0.4 is 5.32 Å². The molecule has 0 bridgehead atoms. The Kier molecular flexibility index (Phi) is 6.05. The molecule has 0 aliphatic carbocycles. The lowest BCUT2D eigenvalue weighted by molar-refractivity contribution is -0.121. The minimum Gasteiger partial charge on any atom is -0.381 e. The standard InChI is InChI=1S/C15H25N3O2/c1-2-14-16-8-10-18(14)9-6-15(19)17-7-5-13-4-3-11-20-12-13/h8,10,13H,2-7,9,11-12H2,1H3,(H,17,19)/t13-/m1/s1. The van der Waals surface area contributed by atoms with Gasteiger partial charge >= 0.3 is 0 Å². The van der Waals surface area contributed by atoms with Crippen molar-refractivity contribution in [2.75, 3.05) is 19.8 Å². The fourth-order valence-corrected chi connectivity index (χ4v) is 2.62. The van der Waals surface area contributed by atoms with Crippen molar-refractivity contribution in [3.05, 3.63) is 18.2 Å². The minimum atomic E-state index is 0.123. The molecule has 5 nitrogen and oxygen atoms in total. The summed E-state index contributed by atoms with van der Waals surface area (Å²) in [6.07, 6.45) is 8.55. The predicted molar refractivity (Wildman–Crippen MR) is 77.4 cm³/mol. The number of carbonyl (C=O) groups excluding carboxylic acids is 1. The van der Waals surface area contributed by atoms with Crippen molar-refractivity contribution in [2.24, 2.45) is 5.92 Å². The Labute approximate surface area is 120 Å². The van der Waals surface area contributed by atoms with E-state index < -0.39 is 0 Å². The van der Waals surface area contributed by atoms with Crippen molar-refractivity contribution in [3.63, 3.8) is 0 Å². The first-order valence-electron chi connectivity index (χ1n) is 7.64. The summed E-state index contributed by atoms with van der Waals surface area (Å²) in [6.45, 7) is 5.29. The third kappa shape index (κ3) is 4.63. The van der Waals surface area contributed by atoms with E-state index in [0.29, 0.717) is 18.9 Å². The number of aromatic nitrogens is 2. The van der Waals surface area contributed by atoms with Crippen molar-refractivity contribution in [3.8, 4) is 0 Å². The van der Waals surface area contributed by atoms with Crippen molar-refractivity contribution in [2.45, 2.75) is 45.6 Å². The van der Waals surface area contributed by atoms with Crippen LogP contribution in [0.15, 0.2) is 12.4 Å². The van der Waals surface area contributed by atoms with E-state index in [1.54, 1.807) is 6.20 Å². The van der Waals surface area contributed by atoms with E-state index in [0.717, 1.165) is 44.8 Å². The maximum Gasteiger partial charge on any atom is 0.221 e. The van der Waals surface area contributed by atoms with Crippen LogP contribution in [0.1, 0.15) is 38.4 Å². The first kappa shape index (κ1) is 15.0. The number of ether oxygens (including phenoxy) is 1.